The quantitative estimate of drug-likeness (QED) is 0.391. The zero-order chi connectivity index (χ0) is 18.7. The Labute approximate surface area is 153 Å². The van der Waals surface area contributed by atoms with Crippen molar-refractivity contribution in [3.63, 3.8) is 0 Å². The Morgan fingerprint density at radius 2 is 1.96 bits per heavy atom. The number of hydrogen-bond donors (Lipinski definition) is 4. The van der Waals surface area contributed by atoms with Crippen molar-refractivity contribution in [2.45, 2.75) is 18.6 Å². The molecule has 0 spiro atoms. The Bertz CT molecular complexity index is 957. The van der Waals surface area contributed by atoms with Crippen LogP contribution in [0.4, 0.5) is 0 Å². The highest BCUT2D eigenvalue weighted by Crippen LogP contribution is 2.25. The maximum absolute atomic E-state index is 12.6. The van der Waals surface area contributed by atoms with Gasteiger partial charge in [0.05, 0.1) is 18.1 Å². The Morgan fingerprint density at radius 3 is 2.65 bits per heavy atom. The molecule has 2 aromatic heterocycles. The fourth-order valence-corrected chi connectivity index (χ4v) is 2.83. The van der Waals surface area contributed by atoms with E-state index in [0.717, 1.165) is 0 Å². The van der Waals surface area contributed by atoms with E-state index < -0.39 is 17.6 Å². The molecule has 26 heavy (non-hydrogen) atoms. The van der Waals surface area contributed by atoms with Gasteiger partial charge in [-0.1, -0.05) is 41.9 Å². The number of aliphatic carboxylic acids is 1. The number of aromatic nitrogens is 2. The Balaban J connectivity index is 1.89. The molecule has 0 aliphatic carbocycles. The van der Waals surface area contributed by atoms with E-state index in [-0.39, 0.29) is 18.5 Å². The van der Waals surface area contributed by atoms with Crippen LogP contribution in [0.2, 0.25) is 5.15 Å². The number of benzene rings is 1. The predicted molar refractivity (Wildman–Crippen MR) is 95.8 cm³/mol. The van der Waals surface area contributed by atoms with E-state index in [4.69, 9.17) is 16.7 Å². The average Bonchev–Trinajstić information content (AvgIpc) is 3.04. The largest absolute Gasteiger partial charge is 0.481 e. The summed E-state index contributed by atoms with van der Waals surface area (Å²) in [5, 5.41) is 23.4. The zero-order valence-corrected chi connectivity index (χ0v) is 14.3. The summed E-state index contributed by atoms with van der Waals surface area (Å²) < 4.78 is 0. The van der Waals surface area contributed by atoms with Crippen LogP contribution in [-0.4, -0.2) is 32.1 Å². The lowest BCUT2D eigenvalue weighted by atomic mass is 9.97. The second kappa shape index (κ2) is 7.15. The van der Waals surface area contributed by atoms with Gasteiger partial charge in [0.1, 0.15) is 10.8 Å². The fourth-order valence-electron chi connectivity index (χ4n) is 2.66. The van der Waals surface area contributed by atoms with Gasteiger partial charge in [0.15, 0.2) is 5.72 Å². The molecule has 0 saturated carbocycles. The minimum absolute atomic E-state index is 0.175. The molecule has 1 amide bonds. The number of halogens is 1. The maximum Gasteiger partial charge on any atom is 0.303 e. The number of hydrogen-bond acceptors (Lipinski definition) is 4. The van der Waals surface area contributed by atoms with Crippen molar-refractivity contribution in [1.29, 1.82) is 0 Å². The summed E-state index contributed by atoms with van der Waals surface area (Å²) >= 11 is 5.84. The summed E-state index contributed by atoms with van der Waals surface area (Å²) in [7, 11) is 0. The highest BCUT2D eigenvalue weighted by molar-refractivity contribution is 6.30. The van der Waals surface area contributed by atoms with Gasteiger partial charge in [-0.25, -0.2) is 4.98 Å². The first kappa shape index (κ1) is 17.9. The number of pyridine rings is 1. The number of aliphatic hydroxyl groups is 1. The smallest absolute Gasteiger partial charge is 0.303 e. The number of nitrogens with zero attached hydrogens (tertiary/aromatic N) is 1. The van der Waals surface area contributed by atoms with Crippen LogP contribution in [-0.2, 0) is 10.5 Å². The van der Waals surface area contributed by atoms with Gasteiger partial charge in [0.2, 0.25) is 0 Å². The van der Waals surface area contributed by atoms with Gasteiger partial charge < -0.3 is 20.5 Å². The van der Waals surface area contributed by atoms with E-state index in [1.54, 1.807) is 42.5 Å². The fraction of sp³-hybridized carbons (Fsp3) is 0.167. The lowest BCUT2D eigenvalue weighted by Crippen LogP contribution is -2.46. The molecule has 4 N–H and O–H groups in total. The number of aromatic amines is 1. The number of carbonyl (C=O) groups excluding carboxylic acids is 1. The lowest BCUT2D eigenvalue weighted by Gasteiger charge is -2.29. The van der Waals surface area contributed by atoms with Gasteiger partial charge in [-0.15, -0.1) is 0 Å². The van der Waals surface area contributed by atoms with Crippen molar-refractivity contribution in [2.24, 2.45) is 0 Å². The van der Waals surface area contributed by atoms with Crippen LogP contribution in [0.3, 0.4) is 0 Å². The lowest BCUT2D eigenvalue weighted by molar-refractivity contribution is -0.139. The van der Waals surface area contributed by atoms with E-state index in [2.05, 4.69) is 15.3 Å². The molecular formula is C18H16ClN3O4. The van der Waals surface area contributed by atoms with Gasteiger partial charge in [0, 0.05) is 17.4 Å². The maximum atomic E-state index is 12.6. The Kier molecular flexibility index (Phi) is 4.92. The number of carboxylic acid groups (broad SMARTS) is 1. The Morgan fingerprint density at radius 1 is 1.23 bits per heavy atom. The second-order valence-electron chi connectivity index (χ2n) is 5.85. The standard InChI is InChI=1S/C18H16ClN3O4/c19-15-9-11-8-13(21-14(11)10-20-15)17(25)22-18(26,7-6-16(23)24)12-4-2-1-3-5-12/h1-5,8-10,21,26H,6-7H2,(H,22,25)(H,23,24)/t18-/m0/s1. The highest BCUT2D eigenvalue weighted by atomic mass is 35.5. The van der Waals surface area contributed by atoms with Gasteiger partial charge >= 0.3 is 5.97 Å². The van der Waals surface area contributed by atoms with Crippen molar-refractivity contribution in [3.8, 4) is 0 Å². The average molecular weight is 374 g/mol. The van der Waals surface area contributed by atoms with Crippen LogP contribution in [0.1, 0.15) is 28.9 Å². The molecule has 0 aliphatic heterocycles. The third-order valence-corrected chi connectivity index (χ3v) is 4.20. The van der Waals surface area contributed by atoms with Gasteiger partial charge in [0.25, 0.3) is 5.91 Å². The monoisotopic (exact) mass is 373 g/mol. The van der Waals surface area contributed by atoms with Crippen molar-refractivity contribution >= 4 is 34.4 Å². The summed E-state index contributed by atoms with van der Waals surface area (Å²) in [6.07, 6.45) is 1.02. The Hall–Kier alpha value is -2.90. The van der Waals surface area contributed by atoms with Gasteiger partial charge in [-0.2, -0.15) is 0 Å². The highest BCUT2D eigenvalue weighted by Gasteiger charge is 2.32. The molecule has 0 radical (unpaired) electrons. The summed E-state index contributed by atoms with van der Waals surface area (Å²) in [6.45, 7) is 0. The van der Waals surface area contributed by atoms with Crippen LogP contribution in [0.5, 0.6) is 0 Å². The van der Waals surface area contributed by atoms with Gasteiger partial charge in [-0.05, 0) is 12.1 Å². The summed E-state index contributed by atoms with van der Waals surface area (Å²) in [5.74, 6) is -1.64. The van der Waals surface area contributed by atoms with Crippen molar-refractivity contribution in [2.75, 3.05) is 0 Å². The summed E-state index contributed by atoms with van der Waals surface area (Å²) in [4.78, 5) is 30.4. The molecule has 2 heterocycles. The summed E-state index contributed by atoms with van der Waals surface area (Å²) in [5.41, 5.74) is -0.596. The minimum Gasteiger partial charge on any atom is -0.481 e. The first-order valence-electron chi connectivity index (χ1n) is 7.84. The second-order valence-corrected chi connectivity index (χ2v) is 6.24. The van der Waals surface area contributed by atoms with E-state index in [9.17, 15) is 14.7 Å². The molecular weight excluding hydrogens is 358 g/mol. The molecule has 1 atom stereocenters. The van der Waals surface area contributed by atoms with E-state index in [0.29, 0.717) is 21.6 Å². The molecule has 0 aliphatic rings. The van der Waals surface area contributed by atoms with Crippen molar-refractivity contribution in [3.05, 3.63) is 65.1 Å². The minimum atomic E-state index is -1.82. The molecule has 1 aromatic carbocycles. The summed E-state index contributed by atoms with van der Waals surface area (Å²) in [6, 6.07) is 11.6. The van der Waals surface area contributed by atoms with Crippen LogP contribution in [0, 0.1) is 0 Å². The third-order valence-electron chi connectivity index (χ3n) is 3.99. The molecule has 0 bridgehead atoms. The first-order chi connectivity index (χ1) is 12.4. The van der Waals surface area contributed by atoms with Gasteiger partial charge in [-0.3, -0.25) is 9.59 Å². The molecule has 3 rings (SSSR count). The number of carboxylic acids is 1. The van der Waals surface area contributed by atoms with Crippen LogP contribution in [0.25, 0.3) is 10.9 Å². The van der Waals surface area contributed by atoms with Crippen LogP contribution in [0.15, 0.2) is 48.7 Å². The first-order valence-corrected chi connectivity index (χ1v) is 8.22. The molecule has 0 fully saturated rings. The predicted octanol–water partition coefficient (Wildman–Crippen LogP) is 2.66. The topological polar surface area (TPSA) is 115 Å². The molecule has 0 saturated heterocycles. The SMILES string of the molecule is O=C(O)CC[C@@](O)(NC(=O)c1cc2cc(Cl)ncc2[nH]1)c1ccccc1. The van der Waals surface area contributed by atoms with E-state index in [1.165, 1.54) is 6.20 Å². The zero-order valence-electron chi connectivity index (χ0n) is 13.6. The van der Waals surface area contributed by atoms with Crippen molar-refractivity contribution in [1.82, 2.24) is 15.3 Å². The normalized spacial score (nSPS) is 13.3. The van der Waals surface area contributed by atoms with Crippen molar-refractivity contribution < 1.29 is 19.8 Å². The molecule has 7 nitrogen and oxygen atoms in total. The number of fused-ring (bicyclic) bond motifs is 1. The molecule has 3 aromatic rings. The number of H-pyrrole nitrogens is 1. The van der Waals surface area contributed by atoms with Crippen LogP contribution >= 0.6 is 11.6 Å². The molecule has 0 unspecified atom stereocenters. The number of carbonyl (C=O) groups is 2. The molecule has 134 valence electrons. The number of amides is 1. The van der Waals surface area contributed by atoms with E-state index in [1.807, 2.05) is 0 Å². The number of nitrogens with one attached hydrogen (secondary N) is 2. The van der Waals surface area contributed by atoms with E-state index >= 15 is 0 Å². The van der Waals surface area contributed by atoms with Crippen LogP contribution < -0.4 is 5.32 Å². The number of rotatable bonds is 6. The third kappa shape index (κ3) is 3.84. The molecule has 8 heteroatoms.